The standard InChI is InChI=1S/C14H17NO8.Na/c1-6(16)15-7-2-4-8(5-3-7)22-14-11(19)9(17)10(18)12(23-14)13(20)21;/h2-5,9-12,14,17-19H,1H3,(H,15,16)(H,20,21);/q;+1/p-1/t9-,10-,11+,12-,14+;/m0./s1/i1D3;. The van der Waals surface area contributed by atoms with E-state index in [4.69, 9.17) is 13.6 Å². The van der Waals surface area contributed by atoms with Gasteiger partial charge in [0.25, 0.3) is 0 Å². The number of hydrogen-bond donors (Lipinski definition) is 4. The molecular weight excluding hydrogens is 333 g/mol. The van der Waals surface area contributed by atoms with Gasteiger partial charge in [-0.05, 0) is 24.3 Å². The Morgan fingerprint density at radius 1 is 1.21 bits per heavy atom. The van der Waals surface area contributed by atoms with Crippen LogP contribution in [0.25, 0.3) is 0 Å². The first-order valence-corrected chi connectivity index (χ1v) is 6.49. The largest absolute Gasteiger partial charge is 1.00 e. The first-order valence-electron chi connectivity index (χ1n) is 7.99. The molecule has 1 heterocycles. The number of aliphatic carboxylic acids is 1. The second-order valence-corrected chi connectivity index (χ2v) is 4.81. The van der Waals surface area contributed by atoms with Gasteiger partial charge in [0, 0.05) is 16.7 Å². The molecule has 0 saturated carbocycles. The zero-order valence-electron chi connectivity index (χ0n) is 15.6. The molecule has 2 rings (SSSR count). The van der Waals surface area contributed by atoms with Crippen LogP contribution in [0.3, 0.4) is 0 Å². The van der Waals surface area contributed by atoms with E-state index in [0.29, 0.717) is 0 Å². The van der Waals surface area contributed by atoms with Crippen molar-refractivity contribution in [2.45, 2.75) is 37.6 Å². The molecule has 10 heteroatoms. The number of benzene rings is 1. The van der Waals surface area contributed by atoms with Crippen molar-refractivity contribution in [3.8, 4) is 5.75 Å². The zero-order valence-corrected chi connectivity index (χ0v) is 14.6. The number of carbonyl (C=O) groups is 2. The van der Waals surface area contributed by atoms with Gasteiger partial charge in [-0.3, -0.25) is 4.79 Å². The molecule has 1 aromatic carbocycles. The number of hydrogen-bond acceptors (Lipinski definition) is 8. The van der Waals surface area contributed by atoms with Crippen molar-refractivity contribution in [2.75, 3.05) is 5.32 Å². The summed E-state index contributed by atoms with van der Waals surface area (Å²) in [5, 5.41) is 42.1. The van der Waals surface area contributed by atoms with E-state index >= 15 is 0 Å². The Labute approximate surface area is 163 Å². The molecule has 5 atom stereocenters. The van der Waals surface area contributed by atoms with Crippen molar-refractivity contribution < 1.29 is 73.2 Å². The van der Waals surface area contributed by atoms with Gasteiger partial charge in [-0.15, -0.1) is 0 Å². The van der Waals surface area contributed by atoms with Crippen LogP contribution in [0.1, 0.15) is 11.0 Å². The van der Waals surface area contributed by atoms with Crippen LogP contribution in [-0.2, 0) is 14.3 Å². The minimum Gasteiger partial charge on any atom is -0.547 e. The predicted octanol–water partition coefficient (Wildman–Crippen LogP) is -5.41. The number of nitrogens with one attached hydrogen (secondary N) is 1. The monoisotopic (exact) mass is 352 g/mol. The topological polar surface area (TPSA) is 148 Å². The number of carboxylic acids is 1. The molecular formula is C14H16NNaO8. The van der Waals surface area contributed by atoms with Crippen LogP contribution in [0.2, 0.25) is 0 Å². The molecule has 0 bridgehead atoms. The maximum atomic E-state index is 11.4. The van der Waals surface area contributed by atoms with E-state index in [9.17, 15) is 30.0 Å². The van der Waals surface area contributed by atoms with Crippen LogP contribution in [0.5, 0.6) is 5.75 Å². The Morgan fingerprint density at radius 2 is 1.83 bits per heavy atom. The van der Waals surface area contributed by atoms with Crippen molar-refractivity contribution in [2.24, 2.45) is 0 Å². The maximum absolute atomic E-state index is 11.4. The fraction of sp³-hybridized carbons (Fsp3) is 0.429. The van der Waals surface area contributed by atoms with Crippen LogP contribution >= 0.6 is 0 Å². The van der Waals surface area contributed by atoms with Crippen LogP contribution in [0.15, 0.2) is 24.3 Å². The molecule has 0 unspecified atom stereocenters. The van der Waals surface area contributed by atoms with Gasteiger partial charge in [0.15, 0.2) is 0 Å². The molecule has 4 N–H and O–H groups in total. The average Bonchev–Trinajstić information content (AvgIpc) is 2.55. The minimum absolute atomic E-state index is 0. The summed E-state index contributed by atoms with van der Waals surface area (Å²) in [5.74, 6) is -2.91. The molecule has 0 aromatic heterocycles. The molecule has 1 aliphatic rings. The second kappa shape index (κ2) is 8.77. The van der Waals surface area contributed by atoms with Gasteiger partial charge in [-0.25, -0.2) is 0 Å². The smallest absolute Gasteiger partial charge is 0.547 e. The first kappa shape index (κ1) is 16.3. The van der Waals surface area contributed by atoms with Gasteiger partial charge in [-0.1, -0.05) is 0 Å². The van der Waals surface area contributed by atoms with Gasteiger partial charge >= 0.3 is 29.6 Å². The summed E-state index contributed by atoms with van der Waals surface area (Å²) in [6, 6.07) is 5.18. The SMILES string of the molecule is [2H]C([2H])([2H])C(=O)Nc1ccc(O[C@@H]2O[C@H](C(=O)[O-])[C@@H](O)[C@H](O)[C@H]2O)cc1.[Na+]. The van der Waals surface area contributed by atoms with Crippen LogP contribution in [-0.4, -0.2) is 57.9 Å². The third-order valence-corrected chi connectivity index (χ3v) is 3.17. The molecule has 126 valence electrons. The number of anilines is 1. The Balaban J connectivity index is 0.00000364. The summed E-state index contributed by atoms with van der Waals surface area (Å²) in [4.78, 5) is 22.3. The van der Waals surface area contributed by atoms with E-state index < -0.39 is 49.4 Å². The second-order valence-electron chi connectivity index (χ2n) is 4.81. The van der Waals surface area contributed by atoms with Gasteiger partial charge in [0.1, 0.15) is 30.2 Å². The first-order chi connectivity index (χ1) is 12.0. The quantitative estimate of drug-likeness (QED) is 0.392. The summed E-state index contributed by atoms with van der Waals surface area (Å²) >= 11 is 0. The number of ether oxygens (including phenoxy) is 2. The molecule has 1 aliphatic heterocycles. The van der Waals surface area contributed by atoms with Crippen molar-refractivity contribution in [3.05, 3.63) is 24.3 Å². The summed E-state index contributed by atoms with van der Waals surface area (Å²) < 4.78 is 31.0. The predicted molar refractivity (Wildman–Crippen MR) is 73.1 cm³/mol. The zero-order chi connectivity index (χ0) is 19.6. The third-order valence-electron chi connectivity index (χ3n) is 3.17. The van der Waals surface area contributed by atoms with E-state index in [0.717, 1.165) is 0 Å². The molecule has 0 radical (unpaired) electrons. The average molecular weight is 352 g/mol. The molecule has 24 heavy (non-hydrogen) atoms. The normalized spacial score (nSPS) is 31.6. The van der Waals surface area contributed by atoms with E-state index in [1.54, 1.807) is 0 Å². The van der Waals surface area contributed by atoms with Gasteiger partial charge in [0.2, 0.25) is 12.2 Å². The van der Waals surface area contributed by atoms with Gasteiger partial charge in [0.05, 0.1) is 5.97 Å². The number of rotatable bonds is 4. The molecule has 1 amide bonds. The van der Waals surface area contributed by atoms with Crippen LogP contribution in [0, 0.1) is 0 Å². The molecule has 1 aromatic rings. The molecule has 1 saturated heterocycles. The molecule has 0 spiro atoms. The Bertz CT molecular complexity index is 671. The molecule has 0 aliphatic carbocycles. The Kier molecular flexibility index (Phi) is 5.95. The van der Waals surface area contributed by atoms with Crippen molar-refractivity contribution in [3.63, 3.8) is 0 Å². The van der Waals surface area contributed by atoms with Crippen molar-refractivity contribution >= 4 is 17.6 Å². The molecule has 9 nitrogen and oxygen atoms in total. The summed E-state index contributed by atoms with van der Waals surface area (Å²) in [6.45, 7) is -2.81. The summed E-state index contributed by atoms with van der Waals surface area (Å²) in [5.41, 5.74) is 0.159. The van der Waals surface area contributed by atoms with E-state index in [1.807, 2.05) is 0 Å². The fourth-order valence-electron chi connectivity index (χ4n) is 2.02. The molecule has 1 fully saturated rings. The third kappa shape index (κ3) is 4.90. The summed E-state index contributed by atoms with van der Waals surface area (Å²) in [7, 11) is 0. The van der Waals surface area contributed by atoms with Crippen LogP contribution < -0.4 is 44.7 Å². The van der Waals surface area contributed by atoms with Crippen LogP contribution in [0.4, 0.5) is 5.69 Å². The van der Waals surface area contributed by atoms with E-state index in [-0.39, 0.29) is 41.0 Å². The number of aliphatic hydroxyl groups is 3. The summed E-state index contributed by atoms with van der Waals surface area (Å²) in [6.07, 6.45) is -8.99. The Hall–Kier alpha value is -1.20. The number of aliphatic hydroxyl groups excluding tert-OH is 3. The van der Waals surface area contributed by atoms with Gasteiger partial charge in [-0.2, -0.15) is 0 Å². The van der Waals surface area contributed by atoms with Gasteiger partial charge < -0.3 is 40.0 Å². The number of amides is 1. The van der Waals surface area contributed by atoms with E-state index in [1.165, 1.54) is 24.3 Å². The number of carboxylic acid groups (broad SMARTS) is 1. The minimum atomic E-state index is -2.81. The van der Waals surface area contributed by atoms with Crippen molar-refractivity contribution in [1.29, 1.82) is 0 Å². The maximum Gasteiger partial charge on any atom is 1.00 e. The van der Waals surface area contributed by atoms with E-state index in [2.05, 4.69) is 5.32 Å². The fourth-order valence-corrected chi connectivity index (χ4v) is 2.02. The van der Waals surface area contributed by atoms with Crippen molar-refractivity contribution in [1.82, 2.24) is 0 Å². The Morgan fingerprint density at radius 3 is 2.38 bits per heavy atom. The number of carbonyl (C=O) groups excluding carboxylic acids is 2.